The van der Waals surface area contributed by atoms with E-state index in [1.54, 1.807) is 29.1 Å². The van der Waals surface area contributed by atoms with Crippen LogP contribution in [0.4, 0.5) is 5.95 Å². The highest BCUT2D eigenvalue weighted by molar-refractivity contribution is 5.78. The van der Waals surface area contributed by atoms with Crippen LogP contribution >= 0.6 is 0 Å². The Kier molecular flexibility index (Phi) is 7.67. The van der Waals surface area contributed by atoms with Gasteiger partial charge in [0.15, 0.2) is 17.9 Å². The molecule has 2 aromatic carbocycles. The molecule has 11 nitrogen and oxygen atoms in total. The summed E-state index contributed by atoms with van der Waals surface area (Å²) >= 11 is 0. The van der Waals surface area contributed by atoms with Crippen molar-refractivity contribution in [2.24, 2.45) is 0 Å². The normalized spacial score (nSPS) is 15.5. The molecule has 0 amide bonds. The van der Waals surface area contributed by atoms with E-state index in [0.29, 0.717) is 54.1 Å². The molecule has 11 heteroatoms. The van der Waals surface area contributed by atoms with Crippen molar-refractivity contribution in [3.8, 4) is 28.8 Å². The summed E-state index contributed by atoms with van der Waals surface area (Å²) in [5.74, 6) is 2.52. The van der Waals surface area contributed by atoms with Gasteiger partial charge < -0.3 is 29.1 Å². The molecule has 3 aromatic heterocycles. The zero-order chi connectivity index (χ0) is 27.3. The fraction of sp³-hybridized carbons (Fsp3) is 0.310. The highest BCUT2D eigenvalue weighted by Gasteiger charge is 2.15. The van der Waals surface area contributed by atoms with Gasteiger partial charge >= 0.3 is 0 Å². The molecule has 0 aliphatic carbocycles. The highest BCUT2D eigenvalue weighted by atomic mass is 16.7. The molecule has 0 radical (unpaired) electrons. The maximum Gasteiger partial charge on any atom is 0.222 e. The summed E-state index contributed by atoms with van der Waals surface area (Å²) in [5.41, 5.74) is 10.00. The Morgan fingerprint density at radius 3 is 2.83 bits per heavy atom. The van der Waals surface area contributed by atoms with Crippen molar-refractivity contribution in [1.82, 2.24) is 25.0 Å². The fourth-order valence-corrected chi connectivity index (χ4v) is 4.62. The zero-order valence-corrected chi connectivity index (χ0v) is 22.2. The monoisotopic (exact) mass is 542 g/mol. The van der Waals surface area contributed by atoms with E-state index >= 15 is 0 Å². The number of nitrogen functional groups attached to an aromatic ring is 1. The molecule has 0 saturated carbocycles. The summed E-state index contributed by atoms with van der Waals surface area (Å²) in [4.78, 5) is 8.59. The molecular weight excluding hydrogens is 512 g/mol. The summed E-state index contributed by atoms with van der Waals surface area (Å²) in [6.07, 6.45) is 4.67. The summed E-state index contributed by atoms with van der Waals surface area (Å²) in [7, 11) is 0. The third kappa shape index (κ3) is 6.12. The number of aromatic nitrogens is 5. The van der Waals surface area contributed by atoms with Crippen molar-refractivity contribution in [3.05, 3.63) is 72.0 Å². The summed E-state index contributed by atoms with van der Waals surface area (Å²) in [6.45, 7) is 4.26. The Morgan fingerprint density at radius 1 is 1.02 bits per heavy atom. The average Bonchev–Trinajstić information content (AvgIpc) is 3.63. The largest absolute Gasteiger partial charge is 0.463 e. The van der Waals surface area contributed by atoms with E-state index in [0.717, 1.165) is 42.5 Å². The number of fused-ring (bicyclic) bond motifs is 1. The van der Waals surface area contributed by atoms with Crippen LogP contribution in [-0.2, 0) is 20.8 Å². The number of rotatable bonds is 10. The van der Waals surface area contributed by atoms with Gasteiger partial charge in [0.1, 0.15) is 22.7 Å². The highest BCUT2D eigenvalue weighted by Crippen LogP contribution is 2.28. The number of nitrogens with two attached hydrogens (primary N) is 1. The quantitative estimate of drug-likeness (QED) is 0.234. The van der Waals surface area contributed by atoms with Crippen LogP contribution in [0.1, 0.15) is 30.4 Å². The van der Waals surface area contributed by atoms with Crippen LogP contribution < -0.4 is 10.5 Å². The van der Waals surface area contributed by atoms with Gasteiger partial charge in [0.2, 0.25) is 5.95 Å². The molecule has 1 fully saturated rings. The van der Waals surface area contributed by atoms with Gasteiger partial charge in [-0.1, -0.05) is 11.3 Å². The van der Waals surface area contributed by atoms with E-state index in [4.69, 9.17) is 29.1 Å². The van der Waals surface area contributed by atoms with Gasteiger partial charge in [-0.2, -0.15) is 9.67 Å². The third-order valence-electron chi connectivity index (χ3n) is 6.42. The number of nitrogens with zero attached hydrogens (tertiary/aromatic N) is 5. The van der Waals surface area contributed by atoms with Gasteiger partial charge in [-0.05, 0) is 73.7 Å². The first kappa shape index (κ1) is 25.9. The Balaban J connectivity index is 1.12. The predicted octanol–water partition coefficient (Wildman–Crippen LogP) is 5.21. The first-order valence-electron chi connectivity index (χ1n) is 13.2. The van der Waals surface area contributed by atoms with Crippen LogP contribution in [0.5, 0.6) is 11.5 Å². The summed E-state index contributed by atoms with van der Waals surface area (Å²) in [5, 5.41) is 8.60. The smallest absolute Gasteiger partial charge is 0.222 e. The molecule has 206 valence electrons. The number of hydrogen-bond donors (Lipinski definition) is 1. The Hall–Kier alpha value is -4.32. The van der Waals surface area contributed by atoms with Gasteiger partial charge in [0, 0.05) is 18.7 Å². The van der Waals surface area contributed by atoms with Crippen molar-refractivity contribution < 1.29 is 23.4 Å². The number of benzene rings is 2. The van der Waals surface area contributed by atoms with Crippen molar-refractivity contribution >= 4 is 17.0 Å². The molecule has 1 aliphatic heterocycles. The van der Waals surface area contributed by atoms with Crippen LogP contribution in [0.15, 0.2) is 65.3 Å². The van der Waals surface area contributed by atoms with Crippen LogP contribution in [0.2, 0.25) is 0 Å². The van der Waals surface area contributed by atoms with Crippen LogP contribution in [0, 0.1) is 6.92 Å². The lowest BCUT2D eigenvalue weighted by Crippen LogP contribution is -2.23. The lowest BCUT2D eigenvalue weighted by Gasteiger charge is -2.22. The number of furan rings is 1. The molecule has 1 saturated heterocycles. The first-order valence-corrected chi connectivity index (χ1v) is 13.2. The van der Waals surface area contributed by atoms with Gasteiger partial charge in [0.05, 0.1) is 31.6 Å². The Labute approximate surface area is 230 Å². The van der Waals surface area contributed by atoms with E-state index in [1.165, 1.54) is 0 Å². The standard InChI is InChI=1S/C29H30N6O5/c1-19-13-20(18-36-11-12-39-28-6-2-3-9-38-28)15-22(14-19)40-21-7-8-25-23(16-21)33-34-35(25)27-17-24(31-29(30)32-27)26-5-4-10-37-26/h4-5,7-8,10,13-17,28H,2-3,6,9,11-12,18H2,1H3,(H2,30,31,32). The first-order chi connectivity index (χ1) is 19.6. The van der Waals surface area contributed by atoms with Gasteiger partial charge in [0.25, 0.3) is 0 Å². The summed E-state index contributed by atoms with van der Waals surface area (Å²) in [6, 6.07) is 17.0. The fourth-order valence-electron chi connectivity index (χ4n) is 4.62. The minimum atomic E-state index is -0.103. The van der Waals surface area contributed by atoms with Gasteiger partial charge in [-0.25, -0.2) is 4.98 Å². The maximum atomic E-state index is 6.19. The SMILES string of the molecule is Cc1cc(COCCOC2CCCCO2)cc(Oc2ccc3c(c2)nnn3-c2cc(-c3ccco3)nc(N)n2)c1. The Bertz CT molecular complexity index is 1580. The van der Waals surface area contributed by atoms with E-state index in [2.05, 4.69) is 26.3 Å². The van der Waals surface area contributed by atoms with Crippen LogP contribution in [-0.4, -0.2) is 51.1 Å². The minimum absolute atomic E-state index is 0.103. The van der Waals surface area contributed by atoms with E-state index in [9.17, 15) is 0 Å². The van der Waals surface area contributed by atoms with Gasteiger partial charge in [-0.3, -0.25) is 0 Å². The number of aryl methyl sites for hydroxylation is 1. The molecule has 1 unspecified atom stereocenters. The molecule has 2 N–H and O–H groups in total. The second kappa shape index (κ2) is 11.8. The van der Waals surface area contributed by atoms with Crippen LogP contribution in [0.3, 0.4) is 0 Å². The van der Waals surface area contributed by atoms with Crippen molar-refractivity contribution in [2.75, 3.05) is 25.6 Å². The van der Waals surface area contributed by atoms with Crippen molar-refractivity contribution in [2.45, 2.75) is 39.1 Å². The van der Waals surface area contributed by atoms with Crippen molar-refractivity contribution in [3.63, 3.8) is 0 Å². The molecule has 0 spiro atoms. The zero-order valence-electron chi connectivity index (χ0n) is 22.2. The van der Waals surface area contributed by atoms with E-state index < -0.39 is 0 Å². The molecule has 1 atom stereocenters. The molecule has 4 heterocycles. The molecule has 6 rings (SSSR count). The van der Waals surface area contributed by atoms with Crippen molar-refractivity contribution in [1.29, 1.82) is 0 Å². The predicted molar refractivity (Wildman–Crippen MR) is 147 cm³/mol. The number of hydrogen-bond acceptors (Lipinski definition) is 10. The lowest BCUT2D eigenvalue weighted by molar-refractivity contribution is -0.169. The Morgan fingerprint density at radius 2 is 1.98 bits per heavy atom. The van der Waals surface area contributed by atoms with Crippen LogP contribution in [0.25, 0.3) is 28.3 Å². The second-order valence-electron chi connectivity index (χ2n) is 9.57. The average molecular weight is 543 g/mol. The second-order valence-corrected chi connectivity index (χ2v) is 9.57. The molecule has 0 bridgehead atoms. The number of ether oxygens (including phenoxy) is 4. The molecule has 1 aliphatic rings. The maximum absolute atomic E-state index is 6.19. The van der Waals surface area contributed by atoms with E-state index in [-0.39, 0.29) is 12.2 Å². The van der Waals surface area contributed by atoms with Gasteiger partial charge in [-0.15, -0.1) is 5.10 Å². The lowest BCUT2D eigenvalue weighted by atomic mass is 10.1. The summed E-state index contributed by atoms with van der Waals surface area (Å²) < 4.78 is 30.4. The van der Waals surface area contributed by atoms with E-state index in [1.807, 2.05) is 37.3 Å². The molecular formula is C29H30N6O5. The molecule has 40 heavy (non-hydrogen) atoms. The minimum Gasteiger partial charge on any atom is -0.463 e. The number of anilines is 1. The topological polar surface area (TPSA) is 133 Å². The third-order valence-corrected chi connectivity index (χ3v) is 6.42. The molecule has 5 aromatic rings.